The summed E-state index contributed by atoms with van der Waals surface area (Å²) in [6.07, 6.45) is 4.41. The number of nitrogens with zero attached hydrogens (tertiary/aromatic N) is 2. The van der Waals surface area contributed by atoms with E-state index in [2.05, 4.69) is 10.3 Å². The lowest BCUT2D eigenvalue weighted by Gasteiger charge is -2.27. The van der Waals surface area contributed by atoms with Crippen molar-refractivity contribution in [3.05, 3.63) is 52.5 Å². The molecule has 0 unspecified atom stereocenters. The normalized spacial score (nSPS) is 22.4. The van der Waals surface area contributed by atoms with Crippen molar-refractivity contribution in [3.8, 4) is 0 Å². The van der Waals surface area contributed by atoms with Gasteiger partial charge in [0.2, 0.25) is 5.79 Å². The lowest BCUT2D eigenvalue weighted by Crippen LogP contribution is -2.45. The summed E-state index contributed by atoms with van der Waals surface area (Å²) in [7, 11) is 4.55. The maximum atomic E-state index is 12.5. The average molecular weight is 345 g/mol. The number of aromatic nitrogens is 2. The van der Waals surface area contributed by atoms with Crippen molar-refractivity contribution >= 4 is 16.9 Å². The molecule has 0 radical (unpaired) electrons. The quantitative estimate of drug-likeness (QED) is 0.797. The second-order valence-electron chi connectivity index (χ2n) is 5.62. The number of fused-ring (bicyclic) bond motifs is 1. The first-order valence-corrected chi connectivity index (χ1v) is 7.68. The molecule has 0 aliphatic carbocycles. The molecule has 8 nitrogen and oxygen atoms in total. The van der Waals surface area contributed by atoms with E-state index in [4.69, 9.17) is 14.2 Å². The molecule has 0 saturated heterocycles. The molecule has 8 heteroatoms. The number of pyridine rings is 2. The zero-order valence-electron chi connectivity index (χ0n) is 14.2. The number of amides is 1. The lowest BCUT2D eigenvalue weighted by atomic mass is 10.2. The predicted molar refractivity (Wildman–Crippen MR) is 90.1 cm³/mol. The van der Waals surface area contributed by atoms with E-state index in [-0.39, 0.29) is 12.1 Å². The van der Waals surface area contributed by atoms with Gasteiger partial charge >= 0.3 is 0 Å². The fraction of sp³-hybridized carbons (Fsp3) is 0.353. The Kier molecular flexibility index (Phi) is 4.67. The van der Waals surface area contributed by atoms with Gasteiger partial charge in [0, 0.05) is 32.9 Å². The van der Waals surface area contributed by atoms with Crippen LogP contribution >= 0.6 is 0 Å². The van der Waals surface area contributed by atoms with Gasteiger partial charge in [0.25, 0.3) is 11.5 Å². The number of nitrogens with one attached hydrogen (secondary N) is 1. The Morgan fingerprint density at radius 3 is 2.96 bits per heavy atom. The Bertz CT molecular complexity index is 891. The number of methoxy groups -OCH3 is 2. The fourth-order valence-corrected chi connectivity index (χ4v) is 2.67. The van der Waals surface area contributed by atoms with Crippen molar-refractivity contribution in [3.63, 3.8) is 0 Å². The molecule has 1 N–H and O–H groups in total. The highest BCUT2D eigenvalue weighted by Crippen LogP contribution is 2.24. The van der Waals surface area contributed by atoms with Gasteiger partial charge in [-0.15, -0.1) is 0 Å². The number of hydrogen-bond acceptors (Lipinski definition) is 6. The monoisotopic (exact) mass is 345 g/mol. The Morgan fingerprint density at radius 1 is 1.48 bits per heavy atom. The first-order chi connectivity index (χ1) is 12.0. The van der Waals surface area contributed by atoms with Crippen LogP contribution in [0, 0.1) is 0 Å². The van der Waals surface area contributed by atoms with Crippen LogP contribution in [0.5, 0.6) is 0 Å². The van der Waals surface area contributed by atoms with Gasteiger partial charge < -0.3 is 19.5 Å². The first kappa shape index (κ1) is 17.3. The van der Waals surface area contributed by atoms with Crippen LogP contribution in [0.3, 0.4) is 0 Å². The summed E-state index contributed by atoms with van der Waals surface area (Å²) in [6, 6.07) is 5.07. The van der Waals surface area contributed by atoms with E-state index in [0.29, 0.717) is 11.0 Å². The standard InChI is InChI=1S/C17H19N3O5/c1-20-14-11(5-4-8-18-14)9-12(16(20)22)15(21)19-10-17(24-3)7-6-13(23-2)25-17/h4-9,13H,10H2,1-3H3,(H,19,21)/t13-,17-/m1/s1. The van der Waals surface area contributed by atoms with Crippen LogP contribution in [0.4, 0.5) is 0 Å². The van der Waals surface area contributed by atoms with Gasteiger partial charge in [-0.05, 0) is 30.4 Å². The van der Waals surface area contributed by atoms with E-state index in [1.807, 2.05) is 0 Å². The van der Waals surface area contributed by atoms with Crippen LogP contribution < -0.4 is 10.9 Å². The third kappa shape index (κ3) is 3.19. The van der Waals surface area contributed by atoms with Crippen molar-refractivity contribution < 1.29 is 19.0 Å². The Balaban J connectivity index is 1.82. The second-order valence-corrected chi connectivity index (χ2v) is 5.62. The minimum absolute atomic E-state index is 0.0273. The van der Waals surface area contributed by atoms with E-state index in [0.717, 1.165) is 0 Å². The first-order valence-electron chi connectivity index (χ1n) is 7.68. The molecule has 1 aliphatic rings. The SMILES string of the molecule is CO[C@H]1C=C[C@@](CNC(=O)c2cc3cccnc3n(C)c2=O)(OC)O1. The van der Waals surface area contributed by atoms with E-state index in [9.17, 15) is 9.59 Å². The fourth-order valence-electron chi connectivity index (χ4n) is 2.67. The Labute approximate surface area is 144 Å². The highest BCUT2D eigenvalue weighted by Gasteiger charge is 2.36. The van der Waals surface area contributed by atoms with Crippen molar-refractivity contribution in [1.82, 2.24) is 14.9 Å². The smallest absolute Gasteiger partial charge is 0.264 e. The number of hydrogen-bond donors (Lipinski definition) is 1. The molecule has 25 heavy (non-hydrogen) atoms. The molecule has 2 aromatic rings. The molecular formula is C17H19N3O5. The Hall–Kier alpha value is -2.55. The molecule has 2 aromatic heterocycles. The average Bonchev–Trinajstić information content (AvgIpc) is 3.07. The van der Waals surface area contributed by atoms with Gasteiger partial charge in [0.05, 0.1) is 6.54 Å². The van der Waals surface area contributed by atoms with Crippen molar-refractivity contribution in [2.45, 2.75) is 12.1 Å². The molecule has 0 spiro atoms. The minimum Gasteiger partial charge on any atom is -0.352 e. The summed E-state index contributed by atoms with van der Waals surface area (Å²) >= 11 is 0. The summed E-state index contributed by atoms with van der Waals surface area (Å²) in [6.45, 7) is 0.0346. The highest BCUT2D eigenvalue weighted by molar-refractivity contribution is 5.96. The van der Waals surface area contributed by atoms with Crippen molar-refractivity contribution in [1.29, 1.82) is 0 Å². The predicted octanol–water partition coefficient (Wildman–Crippen LogP) is 0.565. The van der Waals surface area contributed by atoms with Crippen LogP contribution in [-0.4, -0.2) is 48.3 Å². The van der Waals surface area contributed by atoms with Crippen LogP contribution in [0.15, 0.2) is 41.3 Å². The van der Waals surface area contributed by atoms with Gasteiger partial charge in [-0.3, -0.25) is 14.2 Å². The van der Waals surface area contributed by atoms with E-state index in [1.54, 1.807) is 37.5 Å². The van der Waals surface area contributed by atoms with Crippen molar-refractivity contribution in [2.24, 2.45) is 7.05 Å². The number of carbonyl (C=O) groups is 1. The number of carbonyl (C=O) groups excluding carboxylic acids is 1. The van der Waals surface area contributed by atoms with Crippen LogP contribution in [0.25, 0.3) is 11.0 Å². The third-order valence-corrected chi connectivity index (χ3v) is 4.11. The molecule has 2 atom stereocenters. The summed E-state index contributed by atoms with van der Waals surface area (Å²) in [4.78, 5) is 29.1. The topological polar surface area (TPSA) is 91.7 Å². The molecule has 3 rings (SSSR count). The van der Waals surface area contributed by atoms with Crippen LogP contribution in [0.1, 0.15) is 10.4 Å². The molecule has 0 bridgehead atoms. The number of aryl methyl sites for hydroxylation is 1. The Morgan fingerprint density at radius 2 is 2.28 bits per heavy atom. The summed E-state index contributed by atoms with van der Waals surface area (Å²) < 4.78 is 17.4. The van der Waals surface area contributed by atoms with Gasteiger partial charge in [0.15, 0.2) is 6.29 Å². The maximum Gasteiger partial charge on any atom is 0.264 e. The van der Waals surface area contributed by atoms with Gasteiger partial charge in [-0.2, -0.15) is 0 Å². The zero-order chi connectivity index (χ0) is 18.0. The maximum absolute atomic E-state index is 12.5. The molecule has 1 aliphatic heterocycles. The van der Waals surface area contributed by atoms with Crippen molar-refractivity contribution in [2.75, 3.05) is 20.8 Å². The number of ether oxygens (including phenoxy) is 3. The minimum atomic E-state index is -1.13. The molecular weight excluding hydrogens is 326 g/mol. The van der Waals surface area contributed by atoms with Gasteiger partial charge in [0.1, 0.15) is 11.2 Å². The highest BCUT2D eigenvalue weighted by atomic mass is 16.8. The third-order valence-electron chi connectivity index (χ3n) is 4.11. The van der Waals surface area contributed by atoms with Gasteiger partial charge in [-0.25, -0.2) is 4.98 Å². The molecule has 1 amide bonds. The largest absolute Gasteiger partial charge is 0.352 e. The van der Waals surface area contributed by atoms with E-state index >= 15 is 0 Å². The molecule has 0 fully saturated rings. The van der Waals surface area contributed by atoms with Crippen LogP contribution in [0.2, 0.25) is 0 Å². The number of rotatable bonds is 5. The molecule has 3 heterocycles. The summed E-state index contributed by atoms with van der Waals surface area (Å²) in [5.41, 5.74) is 0.120. The lowest BCUT2D eigenvalue weighted by molar-refractivity contribution is -0.238. The van der Waals surface area contributed by atoms with Gasteiger partial charge in [-0.1, -0.05) is 0 Å². The molecule has 0 aromatic carbocycles. The second kappa shape index (κ2) is 6.75. The van der Waals surface area contributed by atoms with Crippen LogP contribution in [-0.2, 0) is 21.3 Å². The molecule has 0 saturated carbocycles. The zero-order valence-corrected chi connectivity index (χ0v) is 14.2. The van der Waals surface area contributed by atoms with E-state index < -0.39 is 23.5 Å². The molecule has 132 valence electrons. The summed E-state index contributed by atoms with van der Waals surface area (Å²) in [5.74, 6) is -1.64. The summed E-state index contributed by atoms with van der Waals surface area (Å²) in [5, 5.41) is 3.38. The van der Waals surface area contributed by atoms with E-state index in [1.165, 1.54) is 24.9 Å².